The van der Waals surface area contributed by atoms with E-state index in [1.165, 1.54) is 0 Å². The van der Waals surface area contributed by atoms with Crippen LogP contribution in [0.4, 0.5) is 5.82 Å². The normalized spacial score (nSPS) is 15.5. The summed E-state index contributed by atoms with van der Waals surface area (Å²) in [6, 6.07) is 5.51. The van der Waals surface area contributed by atoms with Crippen LogP contribution < -0.4 is 14.8 Å². The molecule has 1 aliphatic rings. The van der Waals surface area contributed by atoms with Crippen LogP contribution in [0.25, 0.3) is 10.8 Å². The summed E-state index contributed by atoms with van der Waals surface area (Å²) in [4.78, 5) is 15.6. The van der Waals surface area contributed by atoms with Crippen LogP contribution in [-0.4, -0.2) is 35.8 Å². The minimum atomic E-state index is -0.881. The maximum absolute atomic E-state index is 11.3. The molecule has 2 N–H and O–H groups in total. The van der Waals surface area contributed by atoms with Gasteiger partial charge in [-0.2, -0.15) is 0 Å². The summed E-state index contributed by atoms with van der Waals surface area (Å²) in [5, 5.41) is 14.1. The first-order valence-corrected chi connectivity index (χ1v) is 6.62. The van der Waals surface area contributed by atoms with Gasteiger partial charge in [-0.1, -0.05) is 0 Å². The summed E-state index contributed by atoms with van der Waals surface area (Å²) in [5.41, 5.74) is -0.881. The fourth-order valence-electron chi connectivity index (χ4n) is 2.34. The third-order valence-electron chi connectivity index (χ3n) is 3.79. The number of carboxylic acid groups (broad SMARTS) is 1. The number of rotatable bonds is 5. The van der Waals surface area contributed by atoms with Crippen molar-refractivity contribution in [2.24, 2.45) is 0 Å². The number of nitrogens with zero attached hydrogens (tertiary/aromatic N) is 1. The molecule has 0 radical (unpaired) electrons. The molecule has 21 heavy (non-hydrogen) atoms. The van der Waals surface area contributed by atoms with Crippen molar-refractivity contribution in [3.63, 3.8) is 0 Å². The average molecular weight is 288 g/mol. The highest BCUT2D eigenvalue weighted by atomic mass is 16.5. The number of carboxylic acids is 1. The second-order valence-electron chi connectivity index (χ2n) is 5.10. The lowest BCUT2D eigenvalue weighted by atomic mass is 10.1. The topological polar surface area (TPSA) is 80.7 Å². The van der Waals surface area contributed by atoms with Gasteiger partial charge in [-0.15, -0.1) is 0 Å². The highest BCUT2D eigenvalue weighted by molar-refractivity contribution is 5.97. The molecule has 1 aliphatic carbocycles. The summed E-state index contributed by atoms with van der Waals surface area (Å²) in [6.45, 7) is 0. The molecular weight excluding hydrogens is 272 g/mol. The molecule has 0 atom stereocenters. The zero-order valence-corrected chi connectivity index (χ0v) is 11.8. The minimum Gasteiger partial charge on any atom is -0.493 e. The number of methoxy groups -OCH3 is 2. The van der Waals surface area contributed by atoms with E-state index in [1.807, 2.05) is 12.1 Å². The second kappa shape index (κ2) is 4.80. The highest BCUT2D eigenvalue weighted by Gasteiger charge is 2.51. The molecule has 0 aliphatic heterocycles. The molecule has 3 rings (SSSR count). The number of anilines is 1. The van der Waals surface area contributed by atoms with Crippen molar-refractivity contribution >= 4 is 22.6 Å². The zero-order valence-electron chi connectivity index (χ0n) is 11.8. The lowest BCUT2D eigenvalue weighted by molar-refractivity contribution is -0.138. The Labute approximate surface area is 121 Å². The van der Waals surface area contributed by atoms with Gasteiger partial charge in [-0.3, -0.25) is 0 Å². The lowest BCUT2D eigenvalue weighted by Crippen LogP contribution is -2.31. The molecule has 1 fully saturated rings. The van der Waals surface area contributed by atoms with E-state index in [-0.39, 0.29) is 0 Å². The van der Waals surface area contributed by atoms with Crippen molar-refractivity contribution in [3.05, 3.63) is 24.4 Å². The van der Waals surface area contributed by atoms with Crippen LogP contribution in [0.1, 0.15) is 12.8 Å². The SMILES string of the molecule is COc1cc2ccnc(NC3(C(=O)O)CC3)c2cc1OC. The minimum absolute atomic E-state index is 0.549. The maximum Gasteiger partial charge on any atom is 0.329 e. The standard InChI is InChI=1S/C15H16N2O4/c1-20-11-7-9-3-6-16-13(10(9)8-12(11)21-2)17-15(4-5-15)14(18)19/h3,6-8H,4-5H2,1-2H3,(H,16,17)(H,18,19). The molecule has 0 saturated heterocycles. The number of hydrogen-bond acceptors (Lipinski definition) is 5. The molecule has 0 amide bonds. The number of ether oxygens (including phenoxy) is 2. The fourth-order valence-corrected chi connectivity index (χ4v) is 2.34. The van der Waals surface area contributed by atoms with Crippen LogP contribution in [0.3, 0.4) is 0 Å². The predicted octanol–water partition coefficient (Wildman–Crippen LogP) is 2.28. The van der Waals surface area contributed by atoms with Gasteiger partial charge in [-0.05, 0) is 36.4 Å². The van der Waals surface area contributed by atoms with Gasteiger partial charge in [-0.25, -0.2) is 9.78 Å². The number of hydrogen-bond donors (Lipinski definition) is 2. The van der Waals surface area contributed by atoms with Crippen molar-refractivity contribution in [2.45, 2.75) is 18.4 Å². The van der Waals surface area contributed by atoms with E-state index in [4.69, 9.17) is 9.47 Å². The average Bonchev–Trinajstić information content (AvgIpc) is 3.27. The summed E-state index contributed by atoms with van der Waals surface area (Å²) in [5.74, 6) is 0.915. The molecule has 1 heterocycles. The van der Waals surface area contributed by atoms with Gasteiger partial charge in [0, 0.05) is 11.6 Å². The van der Waals surface area contributed by atoms with E-state index in [0.717, 1.165) is 10.8 Å². The summed E-state index contributed by atoms with van der Waals surface area (Å²) in [6.07, 6.45) is 2.86. The maximum atomic E-state index is 11.3. The van der Waals surface area contributed by atoms with Crippen LogP contribution in [0, 0.1) is 0 Å². The Balaban J connectivity index is 2.09. The fraction of sp³-hybridized carbons (Fsp3) is 0.333. The quantitative estimate of drug-likeness (QED) is 0.878. The van der Waals surface area contributed by atoms with Crippen molar-refractivity contribution in [3.8, 4) is 11.5 Å². The molecule has 0 spiro atoms. The number of nitrogens with one attached hydrogen (secondary N) is 1. The second-order valence-corrected chi connectivity index (χ2v) is 5.10. The number of aromatic nitrogens is 1. The molecule has 1 aromatic heterocycles. The van der Waals surface area contributed by atoms with Crippen LogP contribution in [0.2, 0.25) is 0 Å². The Morgan fingerprint density at radius 1 is 1.29 bits per heavy atom. The summed E-state index contributed by atoms with van der Waals surface area (Å²) >= 11 is 0. The van der Waals surface area contributed by atoms with Gasteiger partial charge in [0.15, 0.2) is 11.5 Å². The molecule has 6 nitrogen and oxygen atoms in total. The molecular formula is C15H16N2O4. The predicted molar refractivity (Wildman–Crippen MR) is 78.1 cm³/mol. The summed E-state index contributed by atoms with van der Waals surface area (Å²) < 4.78 is 10.6. The molecule has 1 aromatic carbocycles. The number of fused-ring (bicyclic) bond motifs is 1. The summed E-state index contributed by atoms with van der Waals surface area (Å²) in [7, 11) is 3.14. The first kappa shape index (κ1) is 13.5. The van der Waals surface area contributed by atoms with Crippen LogP contribution in [-0.2, 0) is 4.79 Å². The Morgan fingerprint density at radius 2 is 1.95 bits per heavy atom. The largest absolute Gasteiger partial charge is 0.493 e. The van der Waals surface area contributed by atoms with Crippen LogP contribution in [0.5, 0.6) is 11.5 Å². The zero-order chi connectivity index (χ0) is 15.0. The number of pyridine rings is 1. The van der Waals surface area contributed by atoms with E-state index in [2.05, 4.69) is 10.3 Å². The first-order valence-electron chi connectivity index (χ1n) is 6.62. The Morgan fingerprint density at radius 3 is 2.52 bits per heavy atom. The van der Waals surface area contributed by atoms with Gasteiger partial charge in [0.2, 0.25) is 0 Å². The third-order valence-corrected chi connectivity index (χ3v) is 3.79. The van der Waals surface area contributed by atoms with Gasteiger partial charge in [0.25, 0.3) is 0 Å². The Hall–Kier alpha value is -2.50. The molecule has 0 bridgehead atoms. The van der Waals surface area contributed by atoms with Crippen molar-refractivity contribution in [1.29, 1.82) is 0 Å². The smallest absolute Gasteiger partial charge is 0.329 e. The molecule has 1 saturated carbocycles. The molecule has 6 heteroatoms. The van der Waals surface area contributed by atoms with Gasteiger partial charge >= 0.3 is 5.97 Å². The third kappa shape index (κ3) is 2.22. The van der Waals surface area contributed by atoms with Crippen LogP contribution >= 0.6 is 0 Å². The molecule has 0 unspecified atom stereocenters. The van der Waals surface area contributed by atoms with Crippen molar-refractivity contribution in [2.75, 3.05) is 19.5 Å². The van der Waals surface area contributed by atoms with Crippen LogP contribution in [0.15, 0.2) is 24.4 Å². The number of benzene rings is 1. The van der Waals surface area contributed by atoms with Gasteiger partial charge in [0.05, 0.1) is 14.2 Å². The number of aliphatic carboxylic acids is 1. The van der Waals surface area contributed by atoms with E-state index in [1.54, 1.807) is 26.5 Å². The van der Waals surface area contributed by atoms with E-state index in [9.17, 15) is 9.90 Å². The van der Waals surface area contributed by atoms with E-state index < -0.39 is 11.5 Å². The van der Waals surface area contributed by atoms with Gasteiger partial charge in [0.1, 0.15) is 11.4 Å². The van der Waals surface area contributed by atoms with Gasteiger partial charge < -0.3 is 19.9 Å². The first-order chi connectivity index (χ1) is 10.1. The monoisotopic (exact) mass is 288 g/mol. The lowest BCUT2D eigenvalue weighted by Gasteiger charge is -2.16. The Bertz CT molecular complexity index is 710. The van der Waals surface area contributed by atoms with Crippen molar-refractivity contribution < 1.29 is 19.4 Å². The van der Waals surface area contributed by atoms with E-state index in [0.29, 0.717) is 30.2 Å². The van der Waals surface area contributed by atoms with Crippen molar-refractivity contribution in [1.82, 2.24) is 4.98 Å². The Kier molecular flexibility index (Phi) is 3.08. The molecule has 2 aromatic rings. The van der Waals surface area contributed by atoms with E-state index >= 15 is 0 Å². The molecule has 110 valence electrons. The highest BCUT2D eigenvalue weighted by Crippen LogP contribution is 2.41. The number of carbonyl (C=O) groups is 1.